The number of rotatable bonds is 15. The molecule has 0 spiro atoms. The molecular formula is C28H30F8O5Si. The zero-order valence-corrected chi connectivity index (χ0v) is 24.0. The normalized spacial score (nSPS) is 13.5. The molecule has 0 aliphatic rings. The highest BCUT2D eigenvalue weighted by molar-refractivity contribution is 6.66. The van der Waals surface area contributed by atoms with Crippen molar-refractivity contribution in [2.75, 3.05) is 19.8 Å². The van der Waals surface area contributed by atoms with E-state index in [1.54, 1.807) is 30.3 Å². The van der Waals surface area contributed by atoms with Gasteiger partial charge in [-0.25, -0.2) is 4.79 Å². The minimum atomic E-state index is -6.42. The number of benzene rings is 2. The maximum atomic E-state index is 14.4. The monoisotopic (exact) mass is 626 g/mol. The molecule has 0 amide bonds. The van der Waals surface area contributed by atoms with E-state index in [9.17, 15) is 39.9 Å². The van der Waals surface area contributed by atoms with Gasteiger partial charge in [0.05, 0.1) is 18.6 Å². The van der Waals surface area contributed by atoms with Gasteiger partial charge in [-0.3, -0.25) is 0 Å². The number of fused-ring (bicyclic) bond motifs is 1. The molecule has 0 unspecified atom stereocenters. The fourth-order valence-electron chi connectivity index (χ4n) is 4.25. The van der Waals surface area contributed by atoms with E-state index in [1.807, 2.05) is 0 Å². The molecule has 3 aromatic rings. The number of hydrogen-bond donors (Lipinski definition) is 0. The lowest BCUT2D eigenvalue weighted by Crippen LogP contribution is -2.62. The van der Waals surface area contributed by atoms with Crippen LogP contribution >= 0.6 is 0 Å². The Hall–Kier alpha value is -2.97. The van der Waals surface area contributed by atoms with Crippen LogP contribution < -0.4 is 10.4 Å². The highest BCUT2D eigenvalue weighted by atomic mass is 28.4. The Morgan fingerprint density at radius 3 is 1.93 bits per heavy atom. The number of halogens is 8. The van der Waals surface area contributed by atoms with E-state index in [1.165, 1.54) is 38.6 Å². The molecule has 1 aromatic heterocycles. The van der Waals surface area contributed by atoms with Crippen LogP contribution in [0.15, 0.2) is 63.8 Å². The van der Waals surface area contributed by atoms with Gasteiger partial charge in [-0.2, -0.15) is 35.1 Å². The number of alkyl halides is 8. The van der Waals surface area contributed by atoms with Crippen LogP contribution in [0, 0.1) is 0 Å². The zero-order valence-electron chi connectivity index (χ0n) is 23.0. The fraction of sp³-hybridized carbons (Fsp3) is 0.464. The van der Waals surface area contributed by atoms with Gasteiger partial charge in [-0.15, -0.1) is 0 Å². The molecule has 0 bridgehead atoms. The van der Waals surface area contributed by atoms with Crippen LogP contribution in [0.1, 0.15) is 26.7 Å². The predicted octanol–water partition coefficient (Wildman–Crippen LogP) is 8.31. The average molecular weight is 627 g/mol. The maximum absolute atomic E-state index is 14.4. The number of hydrogen-bond acceptors (Lipinski definition) is 5. The molecule has 42 heavy (non-hydrogen) atoms. The van der Waals surface area contributed by atoms with Crippen LogP contribution in [0.2, 0.25) is 12.6 Å². The molecule has 0 aliphatic carbocycles. The Morgan fingerprint density at radius 2 is 1.36 bits per heavy atom. The molecule has 0 fully saturated rings. The molecule has 0 radical (unpaired) electrons. The van der Waals surface area contributed by atoms with E-state index in [2.05, 4.69) is 0 Å². The maximum Gasteiger partial charge on any atom is 0.378 e. The summed E-state index contributed by atoms with van der Waals surface area (Å²) in [6.07, 6.45) is -3.86. The second-order valence-corrected chi connectivity index (χ2v) is 13.0. The van der Waals surface area contributed by atoms with E-state index >= 15 is 0 Å². The summed E-state index contributed by atoms with van der Waals surface area (Å²) in [6.45, 7) is 3.06. The first kappa shape index (κ1) is 33.5. The Bertz CT molecular complexity index is 1390. The highest BCUT2D eigenvalue weighted by Crippen LogP contribution is 2.55. The lowest BCUT2D eigenvalue weighted by atomic mass is 9.95. The van der Waals surface area contributed by atoms with E-state index in [0.717, 1.165) is 6.07 Å². The molecule has 0 aliphatic heterocycles. The van der Waals surface area contributed by atoms with Crippen LogP contribution in [0.25, 0.3) is 22.1 Å². The van der Waals surface area contributed by atoms with Gasteiger partial charge in [0, 0.05) is 31.1 Å². The second-order valence-electron chi connectivity index (χ2n) is 9.67. The van der Waals surface area contributed by atoms with E-state index in [0.29, 0.717) is 10.9 Å². The molecule has 1 heterocycles. The Labute approximate surface area is 237 Å². The molecule has 2 aromatic carbocycles. The van der Waals surface area contributed by atoms with Crippen LogP contribution in [0.3, 0.4) is 0 Å². The highest BCUT2D eigenvalue weighted by Gasteiger charge is 2.79. The van der Waals surface area contributed by atoms with E-state index in [4.69, 9.17) is 18.0 Å². The van der Waals surface area contributed by atoms with Gasteiger partial charge in [-0.1, -0.05) is 30.3 Å². The topological polar surface area (TPSA) is 57.9 Å². The molecule has 0 saturated carbocycles. The van der Waals surface area contributed by atoms with Crippen LogP contribution in [-0.2, 0) is 8.85 Å². The number of ether oxygens (including phenoxy) is 1. The Morgan fingerprint density at radius 1 is 0.786 bits per heavy atom. The molecule has 0 saturated heterocycles. The van der Waals surface area contributed by atoms with Crippen molar-refractivity contribution in [3.05, 3.63) is 65.0 Å². The lowest BCUT2D eigenvalue weighted by Gasteiger charge is -2.37. The summed E-state index contributed by atoms with van der Waals surface area (Å²) in [4.78, 5) is 12.4. The molecule has 3 rings (SSSR count). The standard InChI is InChI=1S/C28H30F8O5Si/c1-4-39-42(3,40-5-2)16-14-26(31,32)28(35,36)27(33,34)25(29,30)13-15-38-21-12-11-20-17-22(19-9-7-6-8-10-19)24(37)41-23(20)18-21/h6-12,17-18H,4-5,13-16H2,1-3H3. The third-order valence-electron chi connectivity index (χ3n) is 6.58. The fourth-order valence-corrected chi connectivity index (χ4v) is 6.61. The molecule has 0 N–H and O–H groups in total. The van der Waals surface area contributed by atoms with Gasteiger partial charge in [0.25, 0.3) is 0 Å². The quantitative estimate of drug-likeness (QED) is 0.0965. The molecule has 232 valence electrons. The van der Waals surface area contributed by atoms with Crippen molar-refractivity contribution in [2.45, 2.75) is 63.0 Å². The van der Waals surface area contributed by atoms with Gasteiger partial charge in [0.1, 0.15) is 11.3 Å². The summed E-state index contributed by atoms with van der Waals surface area (Å²) in [7, 11) is -3.44. The largest absolute Gasteiger partial charge is 0.493 e. The van der Waals surface area contributed by atoms with Crippen molar-refractivity contribution in [1.82, 2.24) is 0 Å². The molecule has 5 nitrogen and oxygen atoms in total. The minimum Gasteiger partial charge on any atom is -0.493 e. The third-order valence-corrected chi connectivity index (χ3v) is 9.54. The van der Waals surface area contributed by atoms with Gasteiger partial charge in [0.15, 0.2) is 0 Å². The first-order valence-electron chi connectivity index (χ1n) is 13.1. The van der Waals surface area contributed by atoms with Crippen LogP contribution in [0.4, 0.5) is 35.1 Å². The molecule has 14 heteroatoms. The summed E-state index contributed by atoms with van der Waals surface area (Å²) < 4.78 is 136. The smallest absolute Gasteiger partial charge is 0.378 e. The van der Waals surface area contributed by atoms with Crippen molar-refractivity contribution in [2.24, 2.45) is 0 Å². The van der Waals surface area contributed by atoms with Crippen molar-refractivity contribution in [3.63, 3.8) is 0 Å². The lowest BCUT2D eigenvalue weighted by molar-refractivity contribution is -0.367. The summed E-state index contributed by atoms with van der Waals surface area (Å²) in [6, 6.07) is 13.0. The second kappa shape index (κ2) is 12.7. The van der Waals surface area contributed by atoms with Crippen molar-refractivity contribution >= 4 is 19.5 Å². The first-order chi connectivity index (χ1) is 19.5. The molecular weight excluding hydrogens is 596 g/mol. The third kappa shape index (κ3) is 6.97. The Balaban J connectivity index is 1.71. The summed E-state index contributed by atoms with van der Waals surface area (Å²) in [5, 5.41) is 0.423. The predicted molar refractivity (Wildman–Crippen MR) is 142 cm³/mol. The summed E-state index contributed by atoms with van der Waals surface area (Å²) in [5.41, 5.74) is 0.0959. The summed E-state index contributed by atoms with van der Waals surface area (Å²) in [5.74, 6) is -24.1. The van der Waals surface area contributed by atoms with Crippen LogP contribution in [-0.4, -0.2) is 52.1 Å². The van der Waals surface area contributed by atoms with Gasteiger partial charge in [-0.05, 0) is 50.2 Å². The first-order valence-corrected chi connectivity index (χ1v) is 15.6. The van der Waals surface area contributed by atoms with Gasteiger partial charge < -0.3 is 18.0 Å². The van der Waals surface area contributed by atoms with Crippen molar-refractivity contribution in [3.8, 4) is 16.9 Å². The van der Waals surface area contributed by atoms with Crippen molar-refractivity contribution in [1.29, 1.82) is 0 Å². The SMILES string of the molecule is CCO[Si](C)(CCC(F)(F)C(F)(F)C(F)(F)C(F)(F)CCOc1ccc2cc(-c3ccccc3)c(=O)oc2c1)OCC. The Kier molecular flexibility index (Phi) is 10.2. The van der Waals surface area contributed by atoms with Crippen molar-refractivity contribution < 1.29 is 53.1 Å². The van der Waals surface area contributed by atoms with Gasteiger partial charge in [0.2, 0.25) is 0 Å². The van der Waals surface area contributed by atoms with Crippen LogP contribution in [0.5, 0.6) is 5.75 Å². The summed E-state index contributed by atoms with van der Waals surface area (Å²) >= 11 is 0. The minimum absolute atomic E-state index is 0.00298. The van der Waals surface area contributed by atoms with E-state index in [-0.39, 0.29) is 30.1 Å². The zero-order chi connectivity index (χ0) is 31.4. The molecule has 0 atom stereocenters. The average Bonchev–Trinajstić information content (AvgIpc) is 2.92. The van der Waals surface area contributed by atoms with E-state index < -0.39 is 63.4 Å². The van der Waals surface area contributed by atoms with Gasteiger partial charge >= 0.3 is 37.9 Å².